The van der Waals surface area contributed by atoms with Gasteiger partial charge in [-0.15, -0.1) is 10.2 Å². The van der Waals surface area contributed by atoms with E-state index in [4.69, 9.17) is 10.8 Å². The van der Waals surface area contributed by atoms with Crippen molar-refractivity contribution in [1.29, 1.82) is 0 Å². The molecule has 7 heteroatoms. The zero-order valence-corrected chi connectivity index (χ0v) is 11.6. The van der Waals surface area contributed by atoms with Crippen LogP contribution in [0.25, 0.3) is 16.3 Å². The zero-order chi connectivity index (χ0) is 13.5. The average molecular weight is 286 g/mol. The average Bonchev–Trinajstić information content (AvgIpc) is 3.13. The molecular weight excluding hydrogens is 272 g/mol. The van der Waals surface area contributed by atoms with Gasteiger partial charge in [-0.05, 0) is 31.4 Å². The maximum atomic E-state index is 5.99. The minimum absolute atomic E-state index is 0.312. The van der Waals surface area contributed by atoms with Crippen LogP contribution in [0.3, 0.4) is 0 Å². The summed E-state index contributed by atoms with van der Waals surface area (Å²) in [6.07, 6.45) is 6.75. The molecule has 6 nitrogen and oxygen atoms in total. The quantitative estimate of drug-likeness (QED) is 0.777. The van der Waals surface area contributed by atoms with Crippen LogP contribution in [-0.2, 0) is 0 Å². The van der Waals surface area contributed by atoms with E-state index in [0.29, 0.717) is 12.0 Å². The van der Waals surface area contributed by atoms with Crippen molar-refractivity contribution < 1.29 is 0 Å². The Balaban J connectivity index is 1.76. The summed E-state index contributed by atoms with van der Waals surface area (Å²) in [5.74, 6) is 1.22. The molecule has 0 aromatic carbocycles. The molecule has 0 unspecified atom stereocenters. The summed E-state index contributed by atoms with van der Waals surface area (Å²) < 4.78 is 1.82. The lowest BCUT2D eigenvalue weighted by Crippen LogP contribution is -2.14. The second-order valence-electron chi connectivity index (χ2n) is 5.17. The Morgan fingerprint density at radius 2 is 2.25 bits per heavy atom. The molecule has 0 spiro atoms. The second-order valence-corrected chi connectivity index (χ2v) is 6.16. The maximum Gasteiger partial charge on any atom is 0.234 e. The number of aromatic nitrogens is 5. The van der Waals surface area contributed by atoms with Gasteiger partial charge in [0.05, 0.1) is 0 Å². The van der Waals surface area contributed by atoms with E-state index in [9.17, 15) is 0 Å². The molecule has 0 radical (unpaired) electrons. The fraction of sp³-hybridized carbons (Fsp3) is 0.385. The van der Waals surface area contributed by atoms with E-state index < -0.39 is 0 Å². The number of hydrogen-bond acceptors (Lipinski definition) is 6. The topological polar surface area (TPSA) is 82.0 Å². The third-order valence-corrected chi connectivity index (χ3v) is 4.81. The van der Waals surface area contributed by atoms with Crippen molar-refractivity contribution in [2.24, 2.45) is 5.73 Å². The SMILES string of the molecule is N[C@H]1CC[C@@H](c2nn3c(-c4cccnc4)nnc3s2)C1. The first-order valence-corrected chi connectivity index (χ1v) is 7.51. The van der Waals surface area contributed by atoms with Gasteiger partial charge in [0.25, 0.3) is 0 Å². The highest BCUT2D eigenvalue weighted by molar-refractivity contribution is 7.16. The van der Waals surface area contributed by atoms with Crippen molar-refractivity contribution in [3.8, 4) is 11.4 Å². The predicted octanol–water partition coefficient (Wildman–Crippen LogP) is 1.84. The van der Waals surface area contributed by atoms with Crippen molar-refractivity contribution in [3.63, 3.8) is 0 Å². The first-order valence-electron chi connectivity index (χ1n) is 6.69. The highest BCUT2D eigenvalue weighted by Crippen LogP contribution is 2.36. The number of nitrogens with zero attached hydrogens (tertiary/aromatic N) is 5. The van der Waals surface area contributed by atoms with E-state index in [0.717, 1.165) is 40.6 Å². The second kappa shape index (κ2) is 4.60. The van der Waals surface area contributed by atoms with Gasteiger partial charge in [0.1, 0.15) is 5.01 Å². The van der Waals surface area contributed by atoms with Gasteiger partial charge >= 0.3 is 0 Å². The Bertz CT molecular complexity index is 734. The Morgan fingerprint density at radius 1 is 1.30 bits per heavy atom. The van der Waals surface area contributed by atoms with Crippen molar-refractivity contribution in [2.75, 3.05) is 0 Å². The Hall–Kier alpha value is -1.86. The van der Waals surface area contributed by atoms with Crippen LogP contribution < -0.4 is 5.73 Å². The highest BCUT2D eigenvalue weighted by Gasteiger charge is 2.27. The monoisotopic (exact) mass is 286 g/mol. The van der Waals surface area contributed by atoms with Crippen LogP contribution in [-0.4, -0.2) is 30.8 Å². The van der Waals surface area contributed by atoms with Crippen molar-refractivity contribution in [2.45, 2.75) is 31.2 Å². The fourth-order valence-electron chi connectivity index (χ4n) is 2.71. The lowest BCUT2D eigenvalue weighted by molar-refractivity contribution is 0.662. The van der Waals surface area contributed by atoms with Crippen LogP contribution in [0.4, 0.5) is 0 Å². The molecule has 4 rings (SSSR count). The molecule has 20 heavy (non-hydrogen) atoms. The van der Waals surface area contributed by atoms with Crippen LogP contribution in [0.1, 0.15) is 30.2 Å². The molecule has 1 aliphatic rings. The summed E-state index contributed by atoms with van der Waals surface area (Å²) in [5.41, 5.74) is 6.92. The summed E-state index contributed by atoms with van der Waals surface area (Å²) in [5, 5.41) is 14.2. The smallest absolute Gasteiger partial charge is 0.234 e. The summed E-state index contributed by atoms with van der Waals surface area (Å²) in [4.78, 5) is 4.95. The van der Waals surface area contributed by atoms with E-state index in [2.05, 4.69) is 15.2 Å². The van der Waals surface area contributed by atoms with E-state index in [1.807, 2.05) is 16.6 Å². The van der Waals surface area contributed by atoms with Crippen LogP contribution in [0, 0.1) is 0 Å². The Kier molecular flexibility index (Phi) is 2.75. The third kappa shape index (κ3) is 1.90. The van der Waals surface area contributed by atoms with Crippen molar-refractivity contribution in [3.05, 3.63) is 29.5 Å². The molecule has 3 aromatic heterocycles. The van der Waals surface area contributed by atoms with Gasteiger partial charge in [0.2, 0.25) is 4.96 Å². The lowest BCUT2D eigenvalue weighted by Gasteiger charge is -2.03. The summed E-state index contributed by atoms with van der Waals surface area (Å²) in [6, 6.07) is 4.17. The molecule has 102 valence electrons. The molecule has 3 aromatic rings. The minimum atomic E-state index is 0.312. The Morgan fingerprint density at radius 3 is 3.00 bits per heavy atom. The number of rotatable bonds is 2. The molecule has 1 saturated carbocycles. The van der Waals surface area contributed by atoms with Gasteiger partial charge in [0, 0.05) is 29.9 Å². The highest BCUT2D eigenvalue weighted by atomic mass is 32.1. The van der Waals surface area contributed by atoms with E-state index in [1.165, 1.54) is 0 Å². The molecule has 2 atom stereocenters. The molecule has 1 aliphatic carbocycles. The molecule has 3 heterocycles. The number of fused-ring (bicyclic) bond motifs is 1. The third-order valence-electron chi connectivity index (χ3n) is 3.75. The van der Waals surface area contributed by atoms with Gasteiger partial charge in [0.15, 0.2) is 5.82 Å². The molecule has 2 N–H and O–H groups in total. The van der Waals surface area contributed by atoms with Crippen LogP contribution >= 0.6 is 11.3 Å². The van der Waals surface area contributed by atoms with Crippen LogP contribution in [0.5, 0.6) is 0 Å². The van der Waals surface area contributed by atoms with Crippen LogP contribution in [0.2, 0.25) is 0 Å². The lowest BCUT2D eigenvalue weighted by atomic mass is 10.1. The van der Waals surface area contributed by atoms with E-state index in [1.54, 1.807) is 23.7 Å². The minimum Gasteiger partial charge on any atom is -0.328 e. The molecule has 0 aliphatic heterocycles. The largest absolute Gasteiger partial charge is 0.328 e. The summed E-state index contributed by atoms with van der Waals surface area (Å²) in [6.45, 7) is 0. The molecule has 0 bridgehead atoms. The van der Waals surface area contributed by atoms with Crippen molar-refractivity contribution in [1.82, 2.24) is 24.8 Å². The summed E-state index contributed by atoms with van der Waals surface area (Å²) >= 11 is 1.61. The van der Waals surface area contributed by atoms with Gasteiger partial charge in [-0.3, -0.25) is 4.98 Å². The van der Waals surface area contributed by atoms with Gasteiger partial charge in [-0.25, -0.2) is 0 Å². The summed E-state index contributed by atoms with van der Waals surface area (Å²) in [7, 11) is 0. The van der Waals surface area contributed by atoms with Crippen molar-refractivity contribution >= 4 is 16.3 Å². The van der Waals surface area contributed by atoms with Gasteiger partial charge < -0.3 is 5.73 Å². The maximum absolute atomic E-state index is 5.99. The van der Waals surface area contributed by atoms with Crippen LogP contribution in [0.15, 0.2) is 24.5 Å². The first-order chi connectivity index (χ1) is 9.81. The molecule has 0 saturated heterocycles. The number of nitrogens with two attached hydrogens (primary N) is 1. The molecular formula is C13H14N6S. The number of hydrogen-bond donors (Lipinski definition) is 1. The standard InChI is InChI=1S/C13H14N6S/c14-10-4-3-8(6-10)12-18-19-11(16-17-13(19)20-12)9-2-1-5-15-7-9/h1-2,5,7-8,10H,3-4,6,14H2/t8-,10+/m1/s1. The zero-order valence-electron chi connectivity index (χ0n) is 10.8. The first kappa shape index (κ1) is 11.9. The normalized spacial score (nSPS) is 22.6. The Labute approximate surface area is 119 Å². The molecule has 0 amide bonds. The fourth-order valence-corrected chi connectivity index (χ4v) is 3.70. The predicted molar refractivity (Wildman–Crippen MR) is 76.5 cm³/mol. The van der Waals surface area contributed by atoms with E-state index in [-0.39, 0.29) is 0 Å². The number of pyridine rings is 1. The van der Waals surface area contributed by atoms with E-state index >= 15 is 0 Å². The van der Waals surface area contributed by atoms with Gasteiger partial charge in [-0.1, -0.05) is 11.3 Å². The van der Waals surface area contributed by atoms with Gasteiger partial charge in [-0.2, -0.15) is 9.61 Å². The molecule has 1 fully saturated rings.